The van der Waals surface area contributed by atoms with Crippen molar-refractivity contribution < 1.29 is 17.9 Å². The second-order valence-corrected chi connectivity index (χ2v) is 9.61. The van der Waals surface area contributed by atoms with Gasteiger partial charge in [0.15, 0.2) is 0 Å². The minimum atomic E-state index is -3.50. The highest BCUT2D eigenvalue weighted by molar-refractivity contribution is 7.98. The SMILES string of the molecule is CSc1ncccc1C(=O)NCc1ccc(S(=O)(=O)N2CCOCC2)s1. The van der Waals surface area contributed by atoms with Gasteiger partial charge in [-0.25, -0.2) is 13.4 Å². The van der Waals surface area contributed by atoms with Gasteiger partial charge in [0.05, 0.1) is 25.3 Å². The molecule has 1 N–H and O–H groups in total. The zero-order valence-corrected chi connectivity index (χ0v) is 16.6. The van der Waals surface area contributed by atoms with E-state index in [9.17, 15) is 13.2 Å². The largest absolute Gasteiger partial charge is 0.379 e. The van der Waals surface area contributed by atoms with E-state index in [4.69, 9.17) is 4.74 Å². The van der Waals surface area contributed by atoms with Crippen molar-refractivity contribution in [3.8, 4) is 0 Å². The number of thioether (sulfide) groups is 1. The number of thiophene rings is 1. The smallest absolute Gasteiger partial charge is 0.254 e. The number of amides is 1. The van der Waals surface area contributed by atoms with Gasteiger partial charge in [0.25, 0.3) is 15.9 Å². The lowest BCUT2D eigenvalue weighted by atomic mass is 10.2. The molecule has 3 rings (SSSR count). The number of sulfonamides is 1. The monoisotopic (exact) mass is 413 g/mol. The van der Waals surface area contributed by atoms with Crippen LogP contribution >= 0.6 is 23.1 Å². The minimum Gasteiger partial charge on any atom is -0.379 e. The van der Waals surface area contributed by atoms with Crippen molar-refractivity contribution >= 4 is 39.0 Å². The third-order valence-electron chi connectivity index (χ3n) is 3.83. The van der Waals surface area contributed by atoms with E-state index in [0.29, 0.717) is 36.9 Å². The van der Waals surface area contributed by atoms with E-state index in [-0.39, 0.29) is 16.7 Å². The first-order valence-electron chi connectivity index (χ1n) is 7.96. The number of nitrogens with zero attached hydrogens (tertiary/aromatic N) is 2. The molecule has 1 aliphatic rings. The Hall–Kier alpha value is -1.46. The summed E-state index contributed by atoms with van der Waals surface area (Å²) in [5.41, 5.74) is 0.512. The average molecular weight is 414 g/mol. The van der Waals surface area contributed by atoms with E-state index >= 15 is 0 Å². The Bertz CT molecular complexity index is 876. The number of carbonyl (C=O) groups is 1. The predicted octanol–water partition coefficient (Wildman–Crippen LogP) is 1.82. The van der Waals surface area contributed by atoms with Crippen molar-refractivity contribution in [2.24, 2.45) is 0 Å². The quantitative estimate of drug-likeness (QED) is 0.727. The van der Waals surface area contributed by atoms with E-state index in [1.54, 1.807) is 30.5 Å². The van der Waals surface area contributed by atoms with Crippen LogP contribution in [0.1, 0.15) is 15.2 Å². The second kappa shape index (κ2) is 8.49. The molecule has 1 fully saturated rings. The molecule has 0 aromatic carbocycles. The van der Waals surface area contributed by atoms with E-state index in [1.807, 2.05) is 6.26 Å². The molecule has 0 saturated carbocycles. The summed E-state index contributed by atoms with van der Waals surface area (Å²) >= 11 is 2.58. The highest BCUT2D eigenvalue weighted by atomic mass is 32.2. The van der Waals surface area contributed by atoms with Crippen molar-refractivity contribution in [2.75, 3.05) is 32.6 Å². The number of nitrogens with one attached hydrogen (secondary N) is 1. The van der Waals surface area contributed by atoms with Crippen molar-refractivity contribution in [3.63, 3.8) is 0 Å². The topological polar surface area (TPSA) is 88.6 Å². The molecule has 0 bridgehead atoms. The van der Waals surface area contributed by atoms with Gasteiger partial charge >= 0.3 is 0 Å². The Morgan fingerprint density at radius 2 is 2.12 bits per heavy atom. The number of hydrogen-bond acceptors (Lipinski definition) is 7. The van der Waals surface area contributed by atoms with Gasteiger partial charge in [0.1, 0.15) is 9.24 Å². The minimum absolute atomic E-state index is 0.228. The number of aromatic nitrogens is 1. The van der Waals surface area contributed by atoms with E-state index in [1.165, 1.54) is 27.4 Å². The molecule has 0 aliphatic carbocycles. The fourth-order valence-electron chi connectivity index (χ4n) is 2.49. The molecule has 10 heteroatoms. The van der Waals surface area contributed by atoms with Crippen molar-refractivity contribution in [3.05, 3.63) is 40.9 Å². The maximum absolute atomic E-state index is 12.6. The van der Waals surface area contributed by atoms with E-state index < -0.39 is 10.0 Å². The summed E-state index contributed by atoms with van der Waals surface area (Å²) in [7, 11) is -3.50. The molecule has 3 heterocycles. The summed E-state index contributed by atoms with van der Waals surface area (Å²) in [6, 6.07) is 6.76. The summed E-state index contributed by atoms with van der Waals surface area (Å²) < 4.78 is 32.2. The first-order valence-corrected chi connectivity index (χ1v) is 11.4. The van der Waals surface area contributed by atoms with Gasteiger partial charge in [-0.1, -0.05) is 0 Å². The highest BCUT2D eigenvalue weighted by Crippen LogP contribution is 2.25. The van der Waals surface area contributed by atoms with Gasteiger partial charge in [0, 0.05) is 24.2 Å². The van der Waals surface area contributed by atoms with E-state index in [2.05, 4.69) is 10.3 Å². The first kappa shape index (κ1) is 19.3. The lowest BCUT2D eigenvalue weighted by Crippen LogP contribution is -2.40. The molecule has 0 radical (unpaired) electrons. The normalized spacial score (nSPS) is 15.7. The van der Waals surface area contributed by atoms with Crippen LogP contribution in [0.2, 0.25) is 0 Å². The Kier molecular flexibility index (Phi) is 6.30. The Morgan fingerprint density at radius 1 is 1.35 bits per heavy atom. The fourth-order valence-corrected chi connectivity index (χ4v) is 5.90. The molecule has 1 aliphatic heterocycles. The first-order chi connectivity index (χ1) is 12.5. The average Bonchev–Trinajstić information content (AvgIpc) is 3.16. The molecule has 0 atom stereocenters. The van der Waals surface area contributed by atoms with Crippen LogP contribution in [0.15, 0.2) is 39.7 Å². The Morgan fingerprint density at radius 3 is 2.85 bits per heavy atom. The molecule has 26 heavy (non-hydrogen) atoms. The lowest BCUT2D eigenvalue weighted by molar-refractivity contribution is 0.0731. The van der Waals surface area contributed by atoms with Crippen LogP contribution in [0.25, 0.3) is 0 Å². The number of morpholine rings is 1. The summed E-state index contributed by atoms with van der Waals surface area (Å²) in [6.45, 7) is 1.83. The third-order valence-corrected chi connectivity index (χ3v) is 8.00. The Balaban J connectivity index is 1.66. The molecule has 1 amide bonds. The molecule has 0 unspecified atom stereocenters. The molecule has 7 nitrogen and oxygen atoms in total. The number of carbonyl (C=O) groups excluding carboxylic acids is 1. The van der Waals surface area contributed by atoms with Gasteiger partial charge < -0.3 is 10.1 Å². The maximum atomic E-state index is 12.6. The lowest BCUT2D eigenvalue weighted by Gasteiger charge is -2.25. The second-order valence-electron chi connectivity index (χ2n) is 5.48. The molecule has 2 aromatic heterocycles. The molecule has 2 aromatic rings. The van der Waals surface area contributed by atoms with Gasteiger partial charge in [-0.2, -0.15) is 4.31 Å². The molecular formula is C16H19N3O4S3. The van der Waals surface area contributed by atoms with E-state index in [0.717, 1.165) is 4.88 Å². The van der Waals surface area contributed by atoms with Crippen LogP contribution in [0.4, 0.5) is 0 Å². The molecule has 0 spiro atoms. The molecule has 140 valence electrons. The summed E-state index contributed by atoms with van der Waals surface area (Å²) in [4.78, 5) is 17.3. The van der Waals surface area contributed by atoms with Crippen LogP contribution in [0.3, 0.4) is 0 Å². The number of rotatable bonds is 6. The number of pyridine rings is 1. The van der Waals surface area contributed by atoms with Crippen LogP contribution in [-0.4, -0.2) is 56.2 Å². The predicted molar refractivity (Wildman–Crippen MR) is 101 cm³/mol. The fraction of sp³-hybridized carbons (Fsp3) is 0.375. The zero-order valence-electron chi connectivity index (χ0n) is 14.2. The molecule has 1 saturated heterocycles. The van der Waals surface area contributed by atoms with Crippen LogP contribution in [0, 0.1) is 0 Å². The van der Waals surface area contributed by atoms with Crippen LogP contribution in [0.5, 0.6) is 0 Å². The number of hydrogen-bond donors (Lipinski definition) is 1. The summed E-state index contributed by atoms with van der Waals surface area (Å²) in [5.74, 6) is -0.228. The third kappa shape index (κ3) is 4.26. The summed E-state index contributed by atoms with van der Waals surface area (Å²) in [6.07, 6.45) is 3.51. The zero-order chi connectivity index (χ0) is 18.6. The van der Waals surface area contributed by atoms with Gasteiger partial charge in [-0.05, 0) is 30.5 Å². The van der Waals surface area contributed by atoms with Gasteiger partial charge in [0.2, 0.25) is 0 Å². The van der Waals surface area contributed by atoms with Crippen LogP contribution < -0.4 is 5.32 Å². The van der Waals surface area contributed by atoms with Crippen LogP contribution in [-0.2, 0) is 21.3 Å². The van der Waals surface area contributed by atoms with Gasteiger partial charge in [-0.3, -0.25) is 4.79 Å². The standard InChI is InChI=1S/C16H19N3O4S3/c1-24-16-13(3-2-6-17-16)15(20)18-11-12-4-5-14(25-12)26(21,22)19-7-9-23-10-8-19/h2-6H,7-11H2,1H3,(H,18,20). The van der Waals surface area contributed by atoms with Crippen molar-refractivity contribution in [1.82, 2.24) is 14.6 Å². The summed E-state index contributed by atoms with van der Waals surface area (Å²) in [5, 5.41) is 3.48. The highest BCUT2D eigenvalue weighted by Gasteiger charge is 2.27. The maximum Gasteiger partial charge on any atom is 0.254 e. The van der Waals surface area contributed by atoms with Gasteiger partial charge in [-0.15, -0.1) is 23.1 Å². The van der Waals surface area contributed by atoms with Crippen molar-refractivity contribution in [2.45, 2.75) is 15.8 Å². The molecular weight excluding hydrogens is 394 g/mol. The Labute approximate surface area is 160 Å². The van der Waals surface area contributed by atoms with Crippen molar-refractivity contribution in [1.29, 1.82) is 0 Å². The number of ether oxygens (including phenoxy) is 1.